The van der Waals surface area contributed by atoms with E-state index in [1.165, 1.54) is 5.69 Å². The van der Waals surface area contributed by atoms with Gasteiger partial charge in [0, 0.05) is 19.8 Å². The van der Waals surface area contributed by atoms with Gasteiger partial charge in [0.15, 0.2) is 0 Å². The van der Waals surface area contributed by atoms with E-state index in [0.29, 0.717) is 0 Å². The Balaban J connectivity index is 3.00. The first-order valence-electron chi connectivity index (χ1n) is 3.64. The number of rotatable bonds is 2. The summed E-state index contributed by atoms with van der Waals surface area (Å²) in [6.07, 6.45) is 1.85. The Morgan fingerprint density at radius 2 is 2.09 bits per heavy atom. The molecule has 0 saturated carbocycles. The van der Waals surface area contributed by atoms with Crippen molar-refractivity contribution in [1.82, 2.24) is 0 Å². The van der Waals surface area contributed by atoms with Crippen LogP contribution in [0.3, 0.4) is 0 Å². The molecule has 0 bridgehead atoms. The van der Waals surface area contributed by atoms with Gasteiger partial charge in [0.1, 0.15) is 0 Å². The zero-order valence-electron chi connectivity index (χ0n) is 7.04. The standard InChI is InChI=1S/C10H13N/c1-4-9-6-5-7-10(8-9)11(2)3/h4-8H,1H2,2-3H3. The number of benzene rings is 1. The molecule has 0 fully saturated rings. The van der Waals surface area contributed by atoms with Gasteiger partial charge in [-0.25, -0.2) is 0 Å². The highest BCUT2D eigenvalue weighted by molar-refractivity contribution is 5.56. The Hall–Kier alpha value is -1.24. The summed E-state index contributed by atoms with van der Waals surface area (Å²) in [6, 6.07) is 8.26. The molecule has 0 amide bonds. The largest absolute Gasteiger partial charge is 0.378 e. The quantitative estimate of drug-likeness (QED) is 0.621. The second kappa shape index (κ2) is 3.24. The fraction of sp³-hybridized carbons (Fsp3) is 0.200. The van der Waals surface area contributed by atoms with E-state index in [2.05, 4.69) is 23.6 Å². The Morgan fingerprint density at radius 3 is 2.64 bits per heavy atom. The van der Waals surface area contributed by atoms with Crippen LogP contribution in [-0.2, 0) is 0 Å². The van der Waals surface area contributed by atoms with E-state index in [9.17, 15) is 0 Å². The first-order chi connectivity index (χ1) is 5.24. The number of nitrogens with zero attached hydrogens (tertiary/aromatic N) is 1. The summed E-state index contributed by atoms with van der Waals surface area (Å²) in [5, 5.41) is 0. The summed E-state index contributed by atoms with van der Waals surface area (Å²) in [4.78, 5) is 2.08. The van der Waals surface area contributed by atoms with Crippen LogP contribution >= 0.6 is 0 Å². The molecule has 1 aromatic carbocycles. The molecule has 11 heavy (non-hydrogen) atoms. The molecule has 0 aliphatic rings. The van der Waals surface area contributed by atoms with Crippen LogP contribution in [0.5, 0.6) is 0 Å². The monoisotopic (exact) mass is 147 g/mol. The van der Waals surface area contributed by atoms with E-state index in [-0.39, 0.29) is 0 Å². The molecule has 0 heterocycles. The van der Waals surface area contributed by atoms with Gasteiger partial charge in [-0.05, 0) is 17.7 Å². The maximum absolute atomic E-state index is 3.71. The third kappa shape index (κ3) is 1.84. The van der Waals surface area contributed by atoms with Crippen LogP contribution in [0.4, 0.5) is 5.69 Å². The van der Waals surface area contributed by atoms with E-state index in [1.54, 1.807) is 0 Å². The summed E-state index contributed by atoms with van der Waals surface area (Å²) >= 11 is 0. The highest BCUT2D eigenvalue weighted by Crippen LogP contribution is 2.13. The van der Waals surface area contributed by atoms with Gasteiger partial charge in [-0.3, -0.25) is 0 Å². The minimum absolute atomic E-state index is 1.16. The van der Waals surface area contributed by atoms with Gasteiger partial charge in [-0.2, -0.15) is 0 Å². The molecule has 0 radical (unpaired) electrons. The number of hydrogen-bond acceptors (Lipinski definition) is 1. The van der Waals surface area contributed by atoms with E-state index < -0.39 is 0 Å². The average Bonchev–Trinajstić information content (AvgIpc) is 2.05. The number of anilines is 1. The molecule has 1 heteroatoms. The Morgan fingerprint density at radius 1 is 1.36 bits per heavy atom. The molecule has 0 unspecified atom stereocenters. The summed E-state index contributed by atoms with van der Waals surface area (Å²) in [5.41, 5.74) is 2.37. The average molecular weight is 147 g/mol. The van der Waals surface area contributed by atoms with Crippen molar-refractivity contribution in [2.45, 2.75) is 0 Å². The van der Waals surface area contributed by atoms with Crippen LogP contribution in [0, 0.1) is 0 Å². The van der Waals surface area contributed by atoms with E-state index in [1.807, 2.05) is 32.3 Å². The molecular formula is C10H13N. The zero-order valence-corrected chi connectivity index (χ0v) is 7.04. The fourth-order valence-electron chi connectivity index (χ4n) is 0.930. The molecule has 0 aliphatic heterocycles. The molecule has 58 valence electrons. The van der Waals surface area contributed by atoms with Crippen LogP contribution in [0.15, 0.2) is 30.8 Å². The van der Waals surface area contributed by atoms with Crippen molar-refractivity contribution in [1.29, 1.82) is 0 Å². The van der Waals surface area contributed by atoms with Crippen molar-refractivity contribution in [2.75, 3.05) is 19.0 Å². The maximum atomic E-state index is 3.71. The summed E-state index contributed by atoms with van der Waals surface area (Å²) in [5.74, 6) is 0. The third-order valence-electron chi connectivity index (χ3n) is 1.62. The number of hydrogen-bond donors (Lipinski definition) is 0. The first-order valence-corrected chi connectivity index (χ1v) is 3.64. The van der Waals surface area contributed by atoms with Crippen molar-refractivity contribution in [2.24, 2.45) is 0 Å². The highest BCUT2D eigenvalue weighted by atomic mass is 15.1. The molecule has 0 aliphatic carbocycles. The smallest absolute Gasteiger partial charge is 0.0367 e. The van der Waals surface area contributed by atoms with Crippen molar-refractivity contribution < 1.29 is 0 Å². The van der Waals surface area contributed by atoms with Crippen molar-refractivity contribution >= 4 is 11.8 Å². The van der Waals surface area contributed by atoms with Crippen LogP contribution in [0.25, 0.3) is 6.08 Å². The third-order valence-corrected chi connectivity index (χ3v) is 1.62. The maximum Gasteiger partial charge on any atom is 0.0367 e. The van der Waals surface area contributed by atoms with Crippen LogP contribution in [0.2, 0.25) is 0 Å². The van der Waals surface area contributed by atoms with E-state index in [0.717, 1.165) is 5.56 Å². The van der Waals surface area contributed by atoms with Gasteiger partial charge in [-0.15, -0.1) is 0 Å². The molecule has 1 nitrogen and oxygen atoms in total. The van der Waals surface area contributed by atoms with E-state index >= 15 is 0 Å². The SMILES string of the molecule is C=Cc1cccc(N(C)C)c1. The zero-order chi connectivity index (χ0) is 8.27. The second-order valence-electron chi connectivity index (χ2n) is 2.69. The Bertz CT molecular complexity index is 251. The normalized spacial score (nSPS) is 9.27. The lowest BCUT2D eigenvalue weighted by molar-refractivity contribution is 1.13. The van der Waals surface area contributed by atoms with Gasteiger partial charge in [0.05, 0.1) is 0 Å². The minimum Gasteiger partial charge on any atom is -0.378 e. The van der Waals surface area contributed by atoms with Crippen molar-refractivity contribution in [3.8, 4) is 0 Å². The van der Waals surface area contributed by atoms with Crippen LogP contribution in [0.1, 0.15) is 5.56 Å². The van der Waals surface area contributed by atoms with Crippen molar-refractivity contribution in [3.05, 3.63) is 36.4 Å². The second-order valence-corrected chi connectivity index (χ2v) is 2.69. The lowest BCUT2D eigenvalue weighted by atomic mass is 10.2. The van der Waals surface area contributed by atoms with Gasteiger partial charge in [-0.1, -0.05) is 24.8 Å². The predicted molar refractivity (Wildman–Crippen MR) is 50.9 cm³/mol. The van der Waals surface area contributed by atoms with Crippen molar-refractivity contribution in [3.63, 3.8) is 0 Å². The molecule has 0 saturated heterocycles. The Kier molecular flexibility index (Phi) is 2.32. The summed E-state index contributed by atoms with van der Waals surface area (Å²) in [6.45, 7) is 3.71. The summed E-state index contributed by atoms with van der Waals surface area (Å²) < 4.78 is 0. The fourth-order valence-corrected chi connectivity index (χ4v) is 0.930. The predicted octanol–water partition coefficient (Wildman–Crippen LogP) is 2.40. The Labute approximate surface area is 68.0 Å². The first kappa shape index (κ1) is 7.86. The van der Waals surface area contributed by atoms with Gasteiger partial charge in [0.2, 0.25) is 0 Å². The lowest BCUT2D eigenvalue weighted by Crippen LogP contribution is -2.08. The summed E-state index contributed by atoms with van der Waals surface area (Å²) in [7, 11) is 4.06. The van der Waals surface area contributed by atoms with Crippen LogP contribution < -0.4 is 4.90 Å². The van der Waals surface area contributed by atoms with Gasteiger partial charge in [0.25, 0.3) is 0 Å². The highest BCUT2D eigenvalue weighted by Gasteiger charge is 1.92. The molecule has 1 rings (SSSR count). The molecular weight excluding hydrogens is 134 g/mol. The van der Waals surface area contributed by atoms with Gasteiger partial charge >= 0.3 is 0 Å². The molecule has 0 atom stereocenters. The lowest BCUT2D eigenvalue weighted by Gasteiger charge is -2.12. The minimum atomic E-state index is 1.16. The molecule has 0 N–H and O–H groups in total. The van der Waals surface area contributed by atoms with Gasteiger partial charge < -0.3 is 4.90 Å². The molecule has 1 aromatic rings. The molecule has 0 aromatic heterocycles. The topological polar surface area (TPSA) is 3.24 Å². The van der Waals surface area contributed by atoms with Crippen LogP contribution in [-0.4, -0.2) is 14.1 Å². The van der Waals surface area contributed by atoms with E-state index in [4.69, 9.17) is 0 Å². The molecule has 0 spiro atoms.